The lowest BCUT2D eigenvalue weighted by molar-refractivity contribution is -0.146. The Bertz CT molecular complexity index is 318. The molecule has 0 bridgehead atoms. The summed E-state index contributed by atoms with van der Waals surface area (Å²) in [5, 5.41) is 3.37. The summed E-state index contributed by atoms with van der Waals surface area (Å²) in [7, 11) is 0. The van der Waals surface area contributed by atoms with E-state index >= 15 is 0 Å². The van der Waals surface area contributed by atoms with Gasteiger partial charge in [0, 0.05) is 38.8 Å². The highest BCUT2D eigenvalue weighted by Gasteiger charge is 2.39. The van der Waals surface area contributed by atoms with Gasteiger partial charge in [0.1, 0.15) is 0 Å². The fourth-order valence-corrected chi connectivity index (χ4v) is 3.67. The third kappa shape index (κ3) is 3.34. The Balaban J connectivity index is 2.05. The molecule has 1 saturated heterocycles. The summed E-state index contributed by atoms with van der Waals surface area (Å²) in [6, 6.07) is 0.475. The minimum absolute atomic E-state index is 0.328. The minimum Gasteiger partial charge on any atom is -0.338 e. The maximum absolute atomic E-state index is 13.1. The van der Waals surface area contributed by atoms with Gasteiger partial charge in [-0.1, -0.05) is 19.3 Å². The van der Waals surface area contributed by atoms with Crippen molar-refractivity contribution in [3.05, 3.63) is 0 Å². The number of hydrogen-bond acceptors (Lipinski definition) is 3. The third-order valence-corrected chi connectivity index (χ3v) is 5.05. The molecule has 1 N–H and O–H groups in total. The third-order valence-electron chi connectivity index (χ3n) is 5.05. The molecular weight excluding hydrogens is 250 g/mol. The van der Waals surface area contributed by atoms with Crippen LogP contribution in [-0.2, 0) is 4.79 Å². The number of carbonyl (C=O) groups is 1. The average molecular weight is 281 g/mol. The first-order valence-corrected chi connectivity index (χ1v) is 8.34. The van der Waals surface area contributed by atoms with Gasteiger partial charge in [-0.3, -0.25) is 9.69 Å². The standard InChI is InChI=1S/C16H31N3O/c1-4-19(14-8-6-5-7-9-14)15(20)16(2,3)18-12-10-17-11-13-18/h14,17H,4-13H2,1-3H3. The van der Waals surface area contributed by atoms with E-state index in [1.165, 1.54) is 32.1 Å². The first-order valence-electron chi connectivity index (χ1n) is 8.34. The molecule has 0 spiro atoms. The molecule has 4 heteroatoms. The molecule has 0 aromatic heterocycles. The molecule has 0 aromatic rings. The van der Waals surface area contributed by atoms with Crippen LogP contribution in [-0.4, -0.2) is 60.0 Å². The van der Waals surface area contributed by atoms with Crippen molar-refractivity contribution in [3.63, 3.8) is 0 Å². The molecule has 0 atom stereocenters. The van der Waals surface area contributed by atoms with Gasteiger partial charge in [-0.05, 0) is 33.6 Å². The van der Waals surface area contributed by atoms with Crippen molar-refractivity contribution < 1.29 is 4.79 Å². The van der Waals surface area contributed by atoms with E-state index in [-0.39, 0.29) is 5.54 Å². The lowest BCUT2D eigenvalue weighted by Crippen LogP contribution is -2.62. The lowest BCUT2D eigenvalue weighted by Gasteiger charge is -2.45. The minimum atomic E-state index is -0.366. The molecule has 116 valence electrons. The Labute approximate surface area is 123 Å². The summed E-state index contributed by atoms with van der Waals surface area (Å²) in [5.41, 5.74) is -0.366. The van der Waals surface area contributed by atoms with E-state index in [2.05, 4.69) is 35.9 Å². The SMILES string of the molecule is CCN(C(=O)C(C)(C)N1CCNCC1)C1CCCCC1. The highest BCUT2D eigenvalue weighted by molar-refractivity contribution is 5.85. The fourth-order valence-electron chi connectivity index (χ4n) is 3.67. The van der Waals surface area contributed by atoms with Crippen LogP contribution >= 0.6 is 0 Å². The molecule has 2 fully saturated rings. The second kappa shape index (κ2) is 6.90. The number of piperazine rings is 1. The Morgan fingerprint density at radius 2 is 1.80 bits per heavy atom. The van der Waals surface area contributed by atoms with Crippen LogP contribution in [0.1, 0.15) is 52.9 Å². The molecule has 20 heavy (non-hydrogen) atoms. The zero-order chi connectivity index (χ0) is 14.6. The molecule has 0 radical (unpaired) electrons. The molecule has 0 unspecified atom stereocenters. The number of amides is 1. The summed E-state index contributed by atoms with van der Waals surface area (Å²) in [4.78, 5) is 17.6. The Hall–Kier alpha value is -0.610. The normalized spacial score (nSPS) is 22.8. The predicted molar refractivity (Wildman–Crippen MR) is 82.8 cm³/mol. The molecule has 2 aliphatic rings. The summed E-state index contributed by atoms with van der Waals surface area (Å²) >= 11 is 0. The van der Waals surface area contributed by atoms with Crippen molar-refractivity contribution in [1.82, 2.24) is 15.1 Å². The van der Waals surface area contributed by atoms with Crippen LogP contribution in [0.5, 0.6) is 0 Å². The maximum Gasteiger partial charge on any atom is 0.242 e. The molecule has 0 aromatic carbocycles. The fraction of sp³-hybridized carbons (Fsp3) is 0.938. The highest BCUT2D eigenvalue weighted by atomic mass is 16.2. The van der Waals surface area contributed by atoms with Gasteiger partial charge < -0.3 is 10.2 Å². The molecule has 1 heterocycles. The number of hydrogen-bond donors (Lipinski definition) is 1. The molecule has 1 aliphatic heterocycles. The zero-order valence-corrected chi connectivity index (χ0v) is 13.5. The van der Waals surface area contributed by atoms with E-state index in [1.807, 2.05) is 0 Å². The summed E-state index contributed by atoms with van der Waals surface area (Å²) in [6.45, 7) is 11.1. The monoisotopic (exact) mass is 281 g/mol. The Kier molecular flexibility index (Phi) is 5.44. The summed E-state index contributed by atoms with van der Waals surface area (Å²) in [5.74, 6) is 0.328. The van der Waals surface area contributed by atoms with E-state index in [0.717, 1.165) is 32.7 Å². The number of nitrogens with zero attached hydrogens (tertiary/aromatic N) is 2. The van der Waals surface area contributed by atoms with Crippen molar-refractivity contribution in [2.75, 3.05) is 32.7 Å². The second-order valence-electron chi connectivity index (χ2n) is 6.68. The Morgan fingerprint density at radius 1 is 1.20 bits per heavy atom. The van der Waals surface area contributed by atoms with Gasteiger partial charge in [0.2, 0.25) is 5.91 Å². The van der Waals surface area contributed by atoms with E-state index in [9.17, 15) is 4.79 Å². The van der Waals surface area contributed by atoms with Crippen molar-refractivity contribution in [2.45, 2.75) is 64.5 Å². The van der Waals surface area contributed by atoms with Crippen LogP contribution in [0.3, 0.4) is 0 Å². The van der Waals surface area contributed by atoms with E-state index in [4.69, 9.17) is 0 Å². The van der Waals surface area contributed by atoms with Crippen LogP contribution < -0.4 is 5.32 Å². The van der Waals surface area contributed by atoms with E-state index < -0.39 is 0 Å². The van der Waals surface area contributed by atoms with Gasteiger partial charge in [-0.25, -0.2) is 0 Å². The van der Waals surface area contributed by atoms with Crippen molar-refractivity contribution in [1.29, 1.82) is 0 Å². The maximum atomic E-state index is 13.1. The van der Waals surface area contributed by atoms with Crippen molar-refractivity contribution >= 4 is 5.91 Å². The van der Waals surface area contributed by atoms with Crippen LogP contribution in [0.4, 0.5) is 0 Å². The molecule has 1 amide bonds. The summed E-state index contributed by atoms with van der Waals surface area (Å²) in [6.07, 6.45) is 6.28. The first kappa shape index (κ1) is 15.8. The van der Waals surface area contributed by atoms with Gasteiger partial charge in [-0.2, -0.15) is 0 Å². The van der Waals surface area contributed by atoms with Gasteiger partial charge in [-0.15, -0.1) is 0 Å². The number of nitrogens with one attached hydrogen (secondary N) is 1. The van der Waals surface area contributed by atoms with E-state index in [1.54, 1.807) is 0 Å². The molecule has 1 aliphatic carbocycles. The largest absolute Gasteiger partial charge is 0.338 e. The Morgan fingerprint density at radius 3 is 2.35 bits per heavy atom. The van der Waals surface area contributed by atoms with Crippen LogP contribution in [0.2, 0.25) is 0 Å². The molecule has 2 rings (SSSR count). The zero-order valence-electron chi connectivity index (χ0n) is 13.5. The van der Waals surface area contributed by atoms with Gasteiger partial charge in [0.25, 0.3) is 0 Å². The van der Waals surface area contributed by atoms with E-state index in [0.29, 0.717) is 11.9 Å². The summed E-state index contributed by atoms with van der Waals surface area (Å²) < 4.78 is 0. The lowest BCUT2D eigenvalue weighted by atomic mass is 9.91. The molecule has 4 nitrogen and oxygen atoms in total. The van der Waals surface area contributed by atoms with Gasteiger partial charge >= 0.3 is 0 Å². The topological polar surface area (TPSA) is 35.6 Å². The van der Waals surface area contributed by atoms with Crippen LogP contribution in [0.15, 0.2) is 0 Å². The van der Waals surface area contributed by atoms with Crippen LogP contribution in [0, 0.1) is 0 Å². The second-order valence-corrected chi connectivity index (χ2v) is 6.68. The molecule has 1 saturated carbocycles. The number of likely N-dealkylation sites (N-methyl/N-ethyl adjacent to an activating group) is 1. The quantitative estimate of drug-likeness (QED) is 0.854. The van der Waals surface area contributed by atoms with Gasteiger partial charge in [0.05, 0.1) is 5.54 Å². The van der Waals surface area contributed by atoms with Gasteiger partial charge in [0.15, 0.2) is 0 Å². The molecular formula is C16H31N3O. The first-order chi connectivity index (χ1) is 9.57. The highest BCUT2D eigenvalue weighted by Crippen LogP contribution is 2.26. The van der Waals surface area contributed by atoms with Crippen molar-refractivity contribution in [3.8, 4) is 0 Å². The smallest absolute Gasteiger partial charge is 0.242 e. The number of carbonyl (C=O) groups excluding carboxylic acids is 1. The van der Waals surface area contributed by atoms with Crippen LogP contribution in [0.25, 0.3) is 0 Å². The average Bonchev–Trinajstić information content (AvgIpc) is 2.50. The predicted octanol–water partition coefficient (Wildman–Crippen LogP) is 1.85. The van der Waals surface area contributed by atoms with Crippen molar-refractivity contribution in [2.24, 2.45) is 0 Å². The number of rotatable bonds is 4.